The number of carbonyl (C=O) groups is 2. The fraction of sp³-hybridized carbons (Fsp3) is 0.571. The van der Waals surface area contributed by atoms with Crippen LogP contribution in [0.5, 0.6) is 0 Å². The first kappa shape index (κ1) is 15.2. The van der Waals surface area contributed by atoms with Crippen LogP contribution in [0.1, 0.15) is 28.7 Å². The van der Waals surface area contributed by atoms with Gasteiger partial charge in [0.1, 0.15) is 6.33 Å². The molecule has 0 unspecified atom stereocenters. The maximum absolute atomic E-state index is 12.6. The molecular formula is C14H20N4O3. The summed E-state index contributed by atoms with van der Waals surface area (Å²) in [4.78, 5) is 35.7. The fourth-order valence-corrected chi connectivity index (χ4v) is 2.37. The molecule has 0 aliphatic carbocycles. The van der Waals surface area contributed by atoms with E-state index in [-0.39, 0.29) is 12.0 Å². The Balaban J connectivity index is 2.02. The standard InChI is InChI=1S/C14H20N4O3/c1-4-21-14(20)18-7-5-17(6-8-18)13(19)12-10(2)15-9-16-11(12)3/h9H,4-8H2,1-3H3. The molecule has 7 nitrogen and oxygen atoms in total. The van der Waals surface area contributed by atoms with E-state index in [0.717, 1.165) is 0 Å². The molecule has 0 spiro atoms. The highest BCUT2D eigenvalue weighted by Crippen LogP contribution is 2.14. The molecular weight excluding hydrogens is 272 g/mol. The maximum atomic E-state index is 12.6. The van der Waals surface area contributed by atoms with E-state index in [0.29, 0.717) is 49.7 Å². The molecule has 0 bridgehead atoms. The van der Waals surface area contributed by atoms with Crippen molar-refractivity contribution in [2.75, 3.05) is 32.8 Å². The molecule has 0 atom stereocenters. The molecule has 2 rings (SSSR count). The van der Waals surface area contributed by atoms with Crippen LogP contribution in [-0.4, -0.2) is 64.6 Å². The summed E-state index contributed by atoms with van der Waals surface area (Å²) in [5.41, 5.74) is 1.92. The van der Waals surface area contributed by atoms with Crippen LogP contribution in [0.2, 0.25) is 0 Å². The zero-order valence-corrected chi connectivity index (χ0v) is 12.6. The van der Waals surface area contributed by atoms with Crippen molar-refractivity contribution in [2.45, 2.75) is 20.8 Å². The van der Waals surface area contributed by atoms with Gasteiger partial charge in [0.25, 0.3) is 5.91 Å². The van der Waals surface area contributed by atoms with E-state index >= 15 is 0 Å². The first-order valence-corrected chi connectivity index (χ1v) is 7.03. The SMILES string of the molecule is CCOC(=O)N1CCN(C(=O)c2c(C)ncnc2C)CC1. The normalized spacial score (nSPS) is 15.0. The van der Waals surface area contributed by atoms with E-state index in [4.69, 9.17) is 4.74 Å². The zero-order chi connectivity index (χ0) is 15.4. The summed E-state index contributed by atoms with van der Waals surface area (Å²) in [6.07, 6.45) is 1.14. The molecule has 1 aliphatic rings. The Labute approximate surface area is 123 Å². The van der Waals surface area contributed by atoms with Gasteiger partial charge >= 0.3 is 6.09 Å². The lowest BCUT2D eigenvalue weighted by Gasteiger charge is -2.34. The van der Waals surface area contributed by atoms with E-state index in [9.17, 15) is 9.59 Å². The largest absolute Gasteiger partial charge is 0.450 e. The second-order valence-electron chi connectivity index (χ2n) is 4.90. The van der Waals surface area contributed by atoms with Crippen molar-refractivity contribution in [3.63, 3.8) is 0 Å². The number of rotatable bonds is 2. The van der Waals surface area contributed by atoms with Gasteiger partial charge in [-0.15, -0.1) is 0 Å². The van der Waals surface area contributed by atoms with Crippen molar-refractivity contribution >= 4 is 12.0 Å². The Bertz CT molecular complexity index is 519. The van der Waals surface area contributed by atoms with Gasteiger partial charge in [-0.2, -0.15) is 0 Å². The van der Waals surface area contributed by atoms with Gasteiger partial charge in [0.2, 0.25) is 0 Å². The lowest BCUT2D eigenvalue weighted by atomic mass is 10.1. The molecule has 21 heavy (non-hydrogen) atoms. The average Bonchev–Trinajstić information content (AvgIpc) is 2.47. The monoisotopic (exact) mass is 292 g/mol. The minimum Gasteiger partial charge on any atom is -0.450 e. The molecule has 7 heteroatoms. The number of amides is 2. The van der Waals surface area contributed by atoms with E-state index in [2.05, 4.69) is 9.97 Å². The Morgan fingerprint density at radius 2 is 1.62 bits per heavy atom. The minimum absolute atomic E-state index is 0.0749. The van der Waals surface area contributed by atoms with Gasteiger partial charge < -0.3 is 14.5 Å². The third-order valence-corrected chi connectivity index (χ3v) is 3.53. The van der Waals surface area contributed by atoms with Crippen LogP contribution in [0.25, 0.3) is 0 Å². The van der Waals surface area contributed by atoms with Crippen molar-refractivity contribution in [1.82, 2.24) is 19.8 Å². The summed E-state index contributed by atoms with van der Waals surface area (Å²) >= 11 is 0. The van der Waals surface area contributed by atoms with Crippen LogP contribution >= 0.6 is 0 Å². The molecule has 0 radical (unpaired) electrons. The third-order valence-electron chi connectivity index (χ3n) is 3.53. The second kappa shape index (κ2) is 6.51. The van der Waals surface area contributed by atoms with E-state index in [1.54, 1.807) is 30.6 Å². The van der Waals surface area contributed by atoms with Crippen LogP contribution < -0.4 is 0 Å². The quantitative estimate of drug-likeness (QED) is 0.813. The number of aryl methyl sites for hydroxylation is 2. The molecule has 1 aromatic rings. The van der Waals surface area contributed by atoms with Crippen LogP contribution in [0.15, 0.2) is 6.33 Å². The first-order chi connectivity index (χ1) is 10.0. The molecule has 0 saturated carbocycles. The summed E-state index contributed by atoms with van der Waals surface area (Å²) < 4.78 is 4.96. The number of carbonyl (C=O) groups excluding carboxylic acids is 2. The predicted molar refractivity (Wildman–Crippen MR) is 76.0 cm³/mol. The van der Waals surface area contributed by atoms with Crippen molar-refractivity contribution in [3.05, 3.63) is 23.3 Å². The van der Waals surface area contributed by atoms with Crippen LogP contribution in [0, 0.1) is 13.8 Å². The van der Waals surface area contributed by atoms with Gasteiger partial charge in [0, 0.05) is 26.2 Å². The van der Waals surface area contributed by atoms with Gasteiger partial charge in [0.05, 0.1) is 23.6 Å². The summed E-state index contributed by atoms with van der Waals surface area (Å²) in [7, 11) is 0. The van der Waals surface area contributed by atoms with Crippen molar-refractivity contribution < 1.29 is 14.3 Å². The van der Waals surface area contributed by atoms with Gasteiger partial charge in [-0.05, 0) is 20.8 Å². The Morgan fingerprint density at radius 3 is 2.14 bits per heavy atom. The van der Waals surface area contributed by atoms with Gasteiger partial charge in [-0.1, -0.05) is 0 Å². The highest BCUT2D eigenvalue weighted by Gasteiger charge is 2.27. The molecule has 1 fully saturated rings. The number of hydrogen-bond acceptors (Lipinski definition) is 5. The smallest absolute Gasteiger partial charge is 0.409 e. The fourth-order valence-electron chi connectivity index (χ4n) is 2.37. The number of ether oxygens (including phenoxy) is 1. The van der Waals surface area contributed by atoms with Gasteiger partial charge in [0.15, 0.2) is 0 Å². The average molecular weight is 292 g/mol. The molecule has 2 heterocycles. The lowest BCUT2D eigenvalue weighted by molar-refractivity contribution is 0.0568. The maximum Gasteiger partial charge on any atom is 0.409 e. The van der Waals surface area contributed by atoms with E-state index in [1.165, 1.54) is 6.33 Å². The zero-order valence-electron chi connectivity index (χ0n) is 12.6. The summed E-state index contributed by atoms with van der Waals surface area (Å²) in [6, 6.07) is 0. The van der Waals surface area contributed by atoms with Crippen molar-refractivity contribution in [3.8, 4) is 0 Å². The highest BCUT2D eigenvalue weighted by atomic mass is 16.6. The Hall–Kier alpha value is -2.18. The number of hydrogen-bond donors (Lipinski definition) is 0. The highest BCUT2D eigenvalue weighted by molar-refractivity contribution is 5.96. The topological polar surface area (TPSA) is 75.6 Å². The molecule has 0 aromatic carbocycles. The van der Waals surface area contributed by atoms with Crippen molar-refractivity contribution in [1.29, 1.82) is 0 Å². The predicted octanol–water partition coefficient (Wildman–Crippen LogP) is 1.01. The Morgan fingerprint density at radius 1 is 1.10 bits per heavy atom. The molecule has 1 saturated heterocycles. The third kappa shape index (κ3) is 3.29. The van der Waals surface area contributed by atoms with E-state index < -0.39 is 0 Å². The molecule has 1 aliphatic heterocycles. The van der Waals surface area contributed by atoms with Crippen LogP contribution in [0.4, 0.5) is 4.79 Å². The molecule has 2 amide bonds. The molecule has 114 valence electrons. The van der Waals surface area contributed by atoms with E-state index in [1.807, 2.05) is 0 Å². The summed E-state index contributed by atoms with van der Waals surface area (Å²) in [5.74, 6) is -0.0749. The number of piperazine rings is 1. The van der Waals surface area contributed by atoms with Crippen molar-refractivity contribution in [2.24, 2.45) is 0 Å². The second-order valence-corrected chi connectivity index (χ2v) is 4.90. The van der Waals surface area contributed by atoms with Crippen LogP contribution in [0.3, 0.4) is 0 Å². The van der Waals surface area contributed by atoms with Gasteiger partial charge in [-0.25, -0.2) is 14.8 Å². The van der Waals surface area contributed by atoms with Gasteiger partial charge in [-0.3, -0.25) is 4.79 Å². The Kier molecular flexibility index (Phi) is 4.72. The lowest BCUT2D eigenvalue weighted by Crippen LogP contribution is -2.51. The minimum atomic E-state index is -0.319. The molecule has 0 N–H and O–H groups in total. The number of aromatic nitrogens is 2. The summed E-state index contributed by atoms with van der Waals surface area (Å²) in [6.45, 7) is 7.69. The molecule has 1 aromatic heterocycles. The summed E-state index contributed by atoms with van der Waals surface area (Å²) in [5, 5.41) is 0. The first-order valence-electron chi connectivity index (χ1n) is 7.03. The number of nitrogens with zero attached hydrogens (tertiary/aromatic N) is 4. The van der Waals surface area contributed by atoms with Crippen LogP contribution in [-0.2, 0) is 4.74 Å².